The molecule has 2 aromatic rings. The maximum absolute atomic E-state index is 11.7. The van der Waals surface area contributed by atoms with Gasteiger partial charge in [0.2, 0.25) is 5.91 Å². The first kappa shape index (κ1) is 16.4. The van der Waals surface area contributed by atoms with E-state index < -0.39 is 0 Å². The van der Waals surface area contributed by atoms with Crippen molar-refractivity contribution in [3.8, 4) is 5.75 Å². The second-order valence-corrected chi connectivity index (χ2v) is 5.79. The van der Waals surface area contributed by atoms with Gasteiger partial charge in [-0.15, -0.1) is 0 Å². The van der Waals surface area contributed by atoms with E-state index in [1.54, 1.807) is 0 Å². The number of anilines is 1. The average Bonchev–Trinajstić information content (AvgIpc) is 2.50. The third-order valence-electron chi connectivity index (χ3n) is 2.96. The van der Waals surface area contributed by atoms with Gasteiger partial charge in [0.15, 0.2) is 0 Å². The van der Waals surface area contributed by atoms with Crippen molar-refractivity contribution in [2.75, 3.05) is 25.0 Å². The number of rotatable bonds is 7. The zero-order chi connectivity index (χ0) is 15.8. The zero-order valence-corrected chi connectivity index (χ0v) is 14.0. The van der Waals surface area contributed by atoms with Gasteiger partial charge in [0.1, 0.15) is 12.4 Å². The number of carbonyl (C=O) groups is 1. The normalized spacial score (nSPS) is 10.1. The first-order chi connectivity index (χ1) is 10.6. The molecule has 2 aromatic carbocycles. The fraction of sp³-hybridized carbons (Fsp3) is 0.235. The molecule has 0 unspecified atom stereocenters. The van der Waals surface area contributed by atoms with Gasteiger partial charge in [-0.2, -0.15) is 0 Å². The highest BCUT2D eigenvalue weighted by molar-refractivity contribution is 9.10. The standard InChI is InChI=1S/C17H19BrN2O2/c1-13-4-2-7-16(10-13)22-9-8-19-17(21)12-20-15-6-3-5-14(18)11-15/h2-7,10-11,20H,8-9,12H2,1H3,(H,19,21). The number of amides is 1. The molecule has 22 heavy (non-hydrogen) atoms. The Labute approximate surface area is 139 Å². The summed E-state index contributed by atoms with van der Waals surface area (Å²) >= 11 is 3.39. The highest BCUT2D eigenvalue weighted by Crippen LogP contribution is 2.15. The number of carbonyl (C=O) groups excluding carboxylic acids is 1. The molecule has 0 heterocycles. The molecule has 0 atom stereocenters. The Morgan fingerprint density at radius 3 is 2.77 bits per heavy atom. The van der Waals surface area contributed by atoms with Gasteiger partial charge in [0, 0.05) is 10.2 Å². The summed E-state index contributed by atoms with van der Waals surface area (Å²) in [6.07, 6.45) is 0. The molecule has 2 N–H and O–H groups in total. The molecule has 0 radical (unpaired) electrons. The van der Waals surface area contributed by atoms with E-state index >= 15 is 0 Å². The summed E-state index contributed by atoms with van der Waals surface area (Å²) in [4.78, 5) is 11.7. The van der Waals surface area contributed by atoms with Crippen LogP contribution in [-0.2, 0) is 4.79 Å². The number of nitrogens with one attached hydrogen (secondary N) is 2. The first-order valence-corrected chi connectivity index (χ1v) is 7.88. The molecule has 1 amide bonds. The van der Waals surface area contributed by atoms with Gasteiger partial charge in [-0.1, -0.05) is 34.1 Å². The van der Waals surface area contributed by atoms with E-state index in [2.05, 4.69) is 26.6 Å². The Bertz CT molecular complexity index is 632. The number of halogens is 1. The van der Waals surface area contributed by atoms with E-state index in [0.717, 1.165) is 21.5 Å². The predicted molar refractivity (Wildman–Crippen MR) is 92.3 cm³/mol. The lowest BCUT2D eigenvalue weighted by atomic mass is 10.2. The van der Waals surface area contributed by atoms with Crippen molar-refractivity contribution in [1.29, 1.82) is 0 Å². The molecule has 0 aliphatic carbocycles. The van der Waals surface area contributed by atoms with Gasteiger partial charge >= 0.3 is 0 Å². The largest absolute Gasteiger partial charge is 0.492 e. The molecule has 5 heteroatoms. The lowest BCUT2D eigenvalue weighted by Gasteiger charge is -2.09. The van der Waals surface area contributed by atoms with E-state index in [1.165, 1.54) is 0 Å². The van der Waals surface area contributed by atoms with Gasteiger partial charge in [0.05, 0.1) is 13.1 Å². The highest BCUT2D eigenvalue weighted by Gasteiger charge is 2.01. The van der Waals surface area contributed by atoms with E-state index in [4.69, 9.17) is 4.74 Å². The Hall–Kier alpha value is -2.01. The minimum atomic E-state index is -0.0622. The minimum absolute atomic E-state index is 0.0622. The summed E-state index contributed by atoms with van der Waals surface area (Å²) in [6.45, 7) is 3.18. The topological polar surface area (TPSA) is 50.4 Å². The Morgan fingerprint density at radius 2 is 2.00 bits per heavy atom. The SMILES string of the molecule is Cc1cccc(OCCNC(=O)CNc2cccc(Br)c2)c1. The van der Waals surface area contributed by atoms with Crippen LogP contribution in [0.4, 0.5) is 5.69 Å². The van der Waals surface area contributed by atoms with Crippen LogP contribution in [0.25, 0.3) is 0 Å². The monoisotopic (exact) mass is 362 g/mol. The molecule has 0 aliphatic rings. The summed E-state index contributed by atoms with van der Waals surface area (Å²) in [5.74, 6) is 0.759. The number of benzene rings is 2. The second kappa shape index (κ2) is 8.44. The van der Waals surface area contributed by atoms with E-state index in [1.807, 2.05) is 55.5 Å². The van der Waals surface area contributed by atoms with E-state index in [-0.39, 0.29) is 12.5 Å². The van der Waals surface area contributed by atoms with Crippen LogP contribution in [0.15, 0.2) is 53.0 Å². The Kier molecular flexibility index (Phi) is 6.27. The molecule has 0 aromatic heterocycles. The third kappa shape index (κ3) is 5.77. The molecule has 2 rings (SSSR count). The van der Waals surface area contributed by atoms with Crippen LogP contribution < -0.4 is 15.4 Å². The van der Waals surface area contributed by atoms with Crippen molar-refractivity contribution in [2.45, 2.75) is 6.92 Å². The van der Waals surface area contributed by atoms with Gasteiger partial charge in [0.25, 0.3) is 0 Å². The van der Waals surface area contributed by atoms with Gasteiger partial charge in [-0.05, 0) is 42.8 Å². The minimum Gasteiger partial charge on any atom is -0.492 e. The van der Waals surface area contributed by atoms with Gasteiger partial charge < -0.3 is 15.4 Å². The fourth-order valence-electron chi connectivity index (χ4n) is 1.91. The summed E-state index contributed by atoms with van der Waals surface area (Å²) in [7, 11) is 0. The number of ether oxygens (including phenoxy) is 1. The van der Waals surface area contributed by atoms with E-state index in [0.29, 0.717) is 13.2 Å². The molecule has 0 saturated carbocycles. The lowest BCUT2D eigenvalue weighted by Crippen LogP contribution is -2.33. The smallest absolute Gasteiger partial charge is 0.239 e. The maximum Gasteiger partial charge on any atom is 0.239 e. The molecule has 116 valence electrons. The van der Waals surface area contributed by atoms with Crippen molar-refractivity contribution in [3.05, 3.63) is 58.6 Å². The average molecular weight is 363 g/mol. The summed E-state index contributed by atoms with van der Waals surface area (Å²) in [5, 5.41) is 5.88. The van der Waals surface area contributed by atoms with Crippen LogP contribution in [0.1, 0.15) is 5.56 Å². The number of hydrogen-bond donors (Lipinski definition) is 2. The fourth-order valence-corrected chi connectivity index (χ4v) is 2.31. The van der Waals surface area contributed by atoms with Crippen LogP contribution in [0.3, 0.4) is 0 Å². The van der Waals surface area contributed by atoms with Crippen molar-refractivity contribution in [2.24, 2.45) is 0 Å². The second-order valence-electron chi connectivity index (χ2n) is 4.88. The molecule has 0 bridgehead atoms. The molecule has 0 aliphatic heterocycles. The number of aryl methyl sites for hydroxylation is 1. The molecular weight excluding hydrogens is 344 g/mol. The molecule has 4 nitrogen and oxygen atoms in total. The Morgan fingerprint density at radius 1 is 1.18 bits per heavy atom. The molecule has 0 saturated heterocycles. The third-order valence-corrected chi connectivity index (χ3v) is 3.45. The van der Waals surface area contributed by atoms with Crippen molar-refractivity contribution >= 4 is 27.5 Å². The van der Waals surface area contributed by atoms with Crippen molar-refractivity contribution in [1.82, 2.24) is 5.32 Å². The van der Waals surface area contributed by atoms with Crippen LogP contribution in [0, 0.1) is 6.92 Å². The number of hydrogen-bond acceptors (Lipinski definition) is 3. The van der Waals surface area contributed by atoms with E-state index in [9.17, 15) is 4.79 Å². The van der Waals surface area contributed by atoms with Crippen LogP contribution in [-0.4, -0.2) is 25.6 Å². The van der Waals surface area contributed by atoms with Crippen LogP contribution in [0.2, 0.25) is 0 Å². The molecule has 0 fully saturated rings. The highest BCUT2D eigenvalue weighted by atomic mass is 79.9. The summed E-state index contributed by atoms with van der Waals surface area (Å²) < 4.78 is 6.55. The van der Waals surface area contributed by atoms with Gasteiger partial charge in [-0.3, -0.25) is 4.79 Å². The van der Waals surface area contributed by atoms with Crippen LogP contribution >= 0.6 is 15.9 Å². The van der Waals surface area contributed by atoms with Crippen molar-refractivity contribution in [3.63, 3.8) is 0 Å². The quantitative estimate of drug-likeness (QED) is 0.742. The molecule has 0 spiro atoms. The Balaban J connectivity index is 1.63. The summed E-state index contributed by atoms with van der Waals surface area (Å²) in [6, 6.07) is 15.5. The van der Waals surface area contributed by atoms with Crippen molar-refractivity contribution < 1.29 is 9.53 Å². The first-order valence-electron chi connectivity index (χ1n) is 7.09. The van der Waals surface area contributed by atoms with Gasteiger partial charge in [-0.25, -0.2) is 0 Å². The molecular formula is C17H19BrN2O2. The zero-order valence-electron chi connectivity index (χ0n) is 12.4. The summed E-state index contributed by atoms with van der Waals surface area (Å²) in [5.41, 5.74) is 2.06. The predicted octanol–water partition coefficient (Wildman–Crippen LogP) is 3.36. The lowest BCUT2D eigenvalue weighted by molar-refractivity contribution is -0.119. The maximum atomic E-state index is 11.7. The van der Waals surface area contributed by atoms with Crippen LogP contribution in [0.5, 0.6) is 5.75 Å².